The molecule has 0 saturated heterocycles. The molecule has 4 rings (SSSR count). The van der Waals surface area contributed by atoms with Crippen LogP contribution in [0.25, 0.3) is 5.57 Å². The topological polar surface area (TPSA) is 58.6 Å². The molecule has 0 radical (unpaired) electrons. The van der Waals surface area contributed by atoms with Crippen LogP contribution in [0.15, 0.2) is 66.4 Å². The summed E-state index contributed by atoms with van der Waals surface area (Å²) in [6, 6.07) is 15.9. The molecule has 0 aromatic heterocycles. The summed E-state index contributed by atoms with van der Waals surface area (Å²) in [6.07, 6.45) is 0. The van der Waals surface area contributed by atoms with Crippen molar-refractivity contribution in [1.82, 2.24) is 0 Å². The summed E-state index contributed by atoms with van der Waals surface area (Å²) in [5.41, 5.74) is 3.58. The van der Waals surface area contributed by atoms with Gasteiger partial charge in [-0.1, -0.05) is 35.9 Å². The molecule has 1 heterocycles. The fourth-order valence-electron chi connectivity index (χ4n) is 3.55. The Labute approximate surface area is 190 Å². The first-order valence-corrected chi connectivity index (χ1v) is 10.2. The number of carbonyl (C=O) groups excluding carboxylic acids is 2. The summed E-state index contributed by atoms with van der Waals surface area (Å²) in [5.74, 6) is -1.18. The molecule has 1 aliphatic rings. The van der Waals surface area contributed by atoms with E-state index in [-0.39, 0.29) is 17.0 Å². The number of anilines is 2. The standard InChI is InChI=1S/C25H20ClFN2O3/c1-14-7-8-16(11-15(14)2)22-23(28-18-9-10-21(32-3)20(26)13-18)25(31)29(24(22)30)19-6-4-5-17(27)12-19/h4-13,28H,1-3H3. The molecule has 0 atom stereocenters. The number of aryl methyl sites for hydroxylation is 2. The molecular formula is C25H20ClFN2O3. The highest BCUT2D eigenvalue weighted by Crippen LogP contribution is 2.35. The predicted octanol–water partition coefficient (Wildman–Crippen LogP) is 5.50. The van der Waals surface area contributed by atoms with Gasteiger partial charge in [0.1, 0.15) is 17.3 Å². The Bertz CT molecular complexity index is 1290. The van der Waals surface area contributed by atoms with E-state index in [1.54, 1.807) is 24.3 Å². The molecule has 2 amide bonds. The Morgan fingerprint density at radius 2 is 1.72 bits per heavy atom. The van der Waals surface area contributed by atoms with Crippen LogP contribution < -0.4 is 15.0 Å². The number of imide groups is 1. The number of benzene rings is 3. The number of carbonyl (C=O) groups is 2. The van der Waals surface area contributed by atoms with Gasteiger partial charge >= 0.3 is 0 Å². The summed E-state index contributed by atoms with van der Waals surface area (Å²) >= 11 is 6.23. The molecule has 0 unspecified atom stereocenters. The van der Waals surface area contributed by atoms with Crippen molar-refractivity contribution in [3.63, 3.8) is 0 Å². The number of halogens is 2. The minimum atomic E-state index is -0.583. The van der Waals surface area contributed by atoms with Crippen LogP contribution in [0.1, 0.15) is 16.7 Å². The van der Waals surface area contributed by atoms with Crippen molar-refractivity contribution in [3.8, 4) is 5.75 Å². The third-order valence-corrected chi connectivity index (χ3v) is 5.66. The van der Waals surface area contributed by atoms with Gasteiger partial charge in [-0.2, -0.15) is 0 Å². The number of amides is 2. The van der Waals surface area contributed by atoms with Crippen LogP contribution in [0.3, 0.4) is 0 Å². The van der Waals surface area contributed by atoms with E-state index >= 15 is 0 Å². The van der Waals surface area contributed by atoms with Gasteiger partial charge in [-0.15, -0.1) is 0 Å². The van der Waals surface area contributed by atoms with Crippen LogP contribution in [0.5, 0.6) is 5.75 Å². The molecule has 1 aliphatic heterocycles. The lowest BCUT2D eigenvalue weighted by Crippen LogP contribution is -2.32. The van der Waals surface area contributed by atoms with Crippen LogP contribution >= 0.6 is 11.6 Å². The van der Waals surface area contributed by atoms with E-state index < -0.39 is 17.6 Å². The van der Waals surface area contributed by atoms with Crippen molar-refractivity contribution in [2.45, 2.75) is 13.8 Å². The summed E-state index contributed by atoms with van der Waals surface area (Å²) < 4.78 is 19.0. The maximum Gasteiger partial charge on any atom is 0.282 e. The second kappa shape index (κ2) is 8.48. The average Bonchev–Trinajstić information content (AvgIpc) is 3.00. The Balaban J connectivity index is 1.84. The Morgan fingerprint density at radius 3 is 2.38 bits per heavy atom. The van der Waals surface area contributed by atoms with Gasteiger partial charge in [0.25, 0.3) is 11.8 Å². The molecule has 0 spiro atoms. The number of hydrogen-bond donors (Lipinski definition) is 1. The Morgan fingerprint density at radius 1 is 0.938 bits per heavy atom. The fraction of sp³-hybridized carbons (Fsp3) is 0.120. The van der Waals surface area contributed by atoms with E-state index in [0.29, 0.717) is 22.0 Å². The van der Waals surface area contributed by atoms with Gasteiger partial charge in [-0.3, -0.25) is 9.59 Å². The van der Waals surface area contributed by atoms with E-state index in [9.17, 15) is 14.0 Å². The minimum absolute atomic E-state index is 0.0868. The second-order valence-electron chi connectivity index (χ2n) is 7.45. The van der Waals surface area contributed by atoms with Crippen molar-refractivity contribution in [1.29, 1.82) is 0 Å². The summed E-state index contributed by atoms with van der Waals surface area (Å²) in [7, 11) is 1.50. The summed E-state index contributed by atoms with van der Waals surface area (Å²) in [5, 5.41) is 3.40. The van der Waals surface area contributed by atoms with E-state index in [0.717, 1.165) is 22.1 Å². The molecule has 162 valence electrons. The summed E-state index contributed by atoms with van der Waals surface area (Å²) in [4.78, 5) is 27.8. The average molecular weight is 451 g/mol. The number of methoxy groups -OCH3 is 1. The number of nitrogens with one attached hydrogen (secondary N) is 1. The van der Waals surface area contributed by atoms with Gasteiger partial charge in [0, 0.05) is 5.69 Å². The minimum Gasteiger partial charge on any atom is -0.495 e. The van der Waals surface area contributed by atoms with E-state index in [4.69, 9.17) is 16.3 Å². The smallest absolute Gasteiger partial charge is 0.282 e. The molecule has 7 heteroatoms. The lowest BCUT2D eigenvalue weighted by molar-refractivity contribution is -0.120. The number of hydrogen-bond acceptors (Lipinski definition) is 4. The molecule has 5 nitrogen and oxygen atoms in total. The number of rotatable bonds is 5. The van der Waals surface area contributed by atoms with E-state index in [2.05, 4.69) is 5.32 Å². The fourth-order valence-corrected chi connectivity index (χ4v) is 3.81. The highest BCUT2D eigenvalue weighted by atomic mass is 35.5. The van der Waals surface area contributed by atoms with E-state index in [1.807, 2.05) is 26.0 Å². The van der Waals surface area contributed by atoms with Crippen molar-refractivity contribution < 1.29 is 18.7 Å². The van der Waals surface area contributed by atoms with Gasteiger partial charge in [0.15, 0.2) is 0 Å². The molecule has 0 aliphatic carbocycles. The first-order chi connectivity index (χ1) is 15.3. The summed E-state index contributed by atoms with van der Waals surface area (Å²) in [6.45, 7) is 3.90. The first kappa shape index (κ1) is 21.6. The van der Waals surface area contributed by atoms with Gasteiger partial charge < -0.3 is 10.1 Å². The highest BCUT2D eigenvalue weighted by molar-refractivity contribution is 6.46. The monoisotopic (exact) mass is 450 g/mol. The van der Waals surface area contributed by atoms with Gasteiger partial charge in [0.05, 0.1) is 23.4 Å². The van der Waals surface area contributed by atoms with Crippen LogP contribution in [0.4, 0.5) is 15.8 Å². The molecule has 32 heavy (non-hydrogen) atoms. The highest BCUT2D eigenvalue weighted by Gasteiger charge is 2.40. The lowest BCUT2D eigenvalue weighted by atomic mass is 9.99. The number of nitrogens with zero attached hydrogens (tertiary/aromatic N) is 1. The van der Waals surface area contributed by atoms with Crippen molar-refractivity contribution in [2.75, 3.05) is 17.3 Å². The number of ether oxygens (including phenoxy) is 1. The lowest BCUT2D eigenvalue weighted by Gasteiger charge is -2.15. The first-order valence-electron chi connectivity index (χ1n) is 9.87. The van der Waals surface area contributed by atoms with Gasteiger partial charge in [-0.05, 0) is 66.9 Å². The zero-order valence-corrected chi connectivity index (χ0v) is 18.5. The largest absolute Gasteiger partial charge is 0.495 e. The van der Waals surface area contributed by atoms with Crippen LogP contribution in [0, 0.1) is 19.7 Å². The molecule has 3 aromatic rings. The van der Waals surface area contributed by atoms with Crippen LogP contribution in [-0.2, 0) is 9.59 Å². The normalized spacial score (nSPS) is 13.7. The third kappa shape index (κ3) is 3.85. The Kier molecular flexibility index (Phi) is 5.72. The quantitative estimate of drug-likeness (QED) is 0.521. The maximum atomic E-state index is 13.8. The molecule has 3 aromatic carbocycles. The van der Waals surface area contributed by atoms with E-state index in [1.165, 1.54) is 25.3 Å². The zero-order chi connectivity index (χ0) is 23.0. The van der Waals surface area contributed by atoms with Gasteiger partial charge in [0.2, 0.25) is 0 Å². The molecular weight excluding hydrogens is 431 g/mol. The molecule has 0 saturated carbocycles. The zero-order valence-electron chi connectivity index (χ0n) is 17.7. The predicted molar refractivity (Wildman–Crippen MR) is 123 cm³/mol. The van der Waals surface area contributed by atoms with Crippen LogP contribution in [-0.4, -0.2) is 18.9 Å². The van der Waals surface area contributed by atoms with Gasteiger partial charge in [-0.25, -0.2) is 9.29 Å². The van der Waals surface area contributed by atoms with Crippen molar-refractivity contribution >= 4 is 40.4 Å². The molecule has 0 fully saturated rings. The molecule has 0 bridgehead atoms. The van der Waals surface area contributed by atoms with Crippen molar-refractivity contribution in [2.24, 2.45) is 0 Å². The van der Waals surface area contributed by atoms with Crippen molar-refractivity contribution in [3.05, 3.63) is 93.9 Å². The second-order valence-corrected chi connectivity index (χ2v) is 7.86. The Hall–Kier alpha value is -3.64. The molecule has 1 N–H and O–H groups in total. The van der Waals surface area contributed by atoms with Crippen LogP contribution in [0.2, 0.25) is 5.02 Å². The SMILES string of the molecule is COc1ccc(NC2=C(c3ccc(C)c(C)c3)C(=O)N(c3cccc(F)c3)C2=O)cc1Cl. The third-order valence-electron chi connectivity index (χ3n) is 5.37. The maximum absolute atomic E-state index is 13.8.